The monoisotopic (exact) mass is 420 g/mol. The molecule has 1 unspecified atom stereocenters. The van der Waals surface area contributed by atoms with Gasteiger partial charge in [-0.3, -0.25) is 4.79 Å². The molecule has 1 aromatic heterocycles. The quantitative estimate of drug-likeness (QED) is 0.598. The molecular weight excluding hydrogens is 403 g/mol. The Kier molecular flexibility index (Phi) is 6.21. The predicted octanol–water partition coefficient (Wildman–Crippen LogP) is 4.40. The van der Waals surface area contributed by atoms with Crippen LogP contribution >= 0.6 is 23.4 Å². The van der Waals surface area contributed by atoms with Crippen molar-refractivity contribution in [1.82, 2.24) is 14.8 Å². The average Bonchev–Trinajstić information content (AvgIpc) is 3.02. The zero-order valence-electron chi connectivity index (χ0n) is 15.4. The summed E-state index contributed by atoms with van der Waals surface area (Å²) in [6.07, 6.45) is 0. The second-order valence-electron chi connectivity index (χ2n) is 5.94. The first-order valence-electron chi connectivity index (χ1n) is 8.36. The summed E-state index contributed by atoms with van der Waals surface area (Å²) in [6.45, 7) is 1.74. The number of aromatic nitrogens is 3. The molecule has 0 saturated heterocycles. The largest absolute Gasteiger partial charge is 0.495 e. The fourth-order valence-corrected chi connectivity index (χ4v) is 3.51. The van der Waals surface area contributed by atoms with Crippen LogP contribution in [-0.4, -0.2) is 33.0 Å². The zero-order valence-corrected chi connectivity index (χ0v) is 17.0. The number of anilines is 1. The number of hydrogen-bond acceptors (Lipinski definition) is 5. The van der Waals surface area contributed by atoms with Gasteiger partial charge in [-0.15, -0.1) is 10.2 Å². The van der Waals surface area contributed by atoms with Crippen molar-refractivity contribution in [2.24, 2.45) is 7.05 Å². The van der Waals surface area contributed by atoms with E-state index in [9.17, 15) is 9.18 Å². The van der Waals surface area contributed by atoms with Crippen molar-refractivity contribution in [1.29, 1.82) is 0 Å². The molecule has 6 nitrogen and oxygen atoms in total. The topological polar surface area (TPSA) is 69.0 Å². The van der Waals surface area contributed by atoms with Crippen LogP contribution in [0.3, 0.4) is 0 Å². The number of benzene rings is 2. The van der Waals surface area contributed by atoms with E-state index in [1.165, 1.54) is 24.9 Å². The second kappa shape index (κ2) is 8.62. The minimum Gasteiger partial charge on any atom is -0.495 e. The number of methoxy groups -OCH3 is 1. The van der Waals surface area contributed by atoms with Gasteiger partial charge in [0.15, 0.2) is 11.0 Å². The van der Waals surface area contributed by atoms with E-state index in [1.54, 1.807) is 54.9 Å². The first-order valence-corrected chi connectivity index (χ1v) is 9.61. The molecule has 28 heavy (non-hydrogen) atoms. The maximum Gasteiger partial charge on any atom is 0.237 e. The number of carbonyl (C=O) groups is 1. The minimum atomic E-state index is -0.486. The average molecular weight is 421 g/mol. The van der Waals surface area contributed by atoms with Gasteiger partial charge in [0.25, 0.3) is 0 Å². The van der Waals surface area contributed by atoms with Crippen LogP contribution in [0.4, 0.5) is 10.1 Å². The molecule has 2 aromatic carbocycles. The molecule has 0 aliphatic carbocycles. The van der Waals surface area contributed by atoms with Crippen molar-refractivity contribution in [3.05, 3.63) is 53.3 Å². The van der Waals surface area contributed by atoms with Gasteiger partial charge in [0, 0.05) is 12.1 Å². The Morgan fingerprint density at radius 3 is 2.75 bits per heavy atom. The highest BCUT2D eigenvalue weighted by molar-refractivity contribution is 8.00. The number of halogens is 2. The van der Waals surface area contributed by atoms with Gasteiger partial charge in [-0.1, -0.05) is 35.5 Å². The standard InChI is InChI=1S/C19H18ClFN4O2S/c1-11(18(26)22-15-10-12(20)8-9-16(15)27-3)28-19-24-23-17(25(19)2)13-6-4-5-7-14(13)21/h4-11H,1-3H3,(H,22,26). The van der Waals surface area contributed by atoms with Gasteiger partial charge in [-0.05, 0) is 37.3 Å². The van der Waals surface area contributed by atoms with Gasteiger partial charge in [-0.25, -0.2) is 4.39 Å². The third kappa shape index (κ3) is 4.28. The summed E-state index contributed by atoms with van der Waals surface area (Å²) in [7, 11) is 3.25. The minimum absolute atomic E-state index is 0.249. The van der Waals surface area contributed by atoms with Gasteiger partial charge in [0.1, 0.15) is 11.6 Å². The predicted molar refractivity (Wildman–Crippen MR) is 108 cm³/mol. The summed E-state index contributed by atoms with van der Waals surface area (Å²) < 4.78 is 20.9. The van der Waals surface area contributed by atoms with E-state index in [1.807, 2.05) is 0 Å². The van der Waals surface area contributed by atoms with Crippen LogP contribution in [0.1, 0.15) is 6.92 Å². The van der Waals surface area contributed by atoms with Crippen molar-refractivity contribution in [3.8, 4) is 17.1 Å². The molecule has 0 radical (unpaired) electrons. The molecule has 9 heteroatoms. The first kappa shape index (κ1) is 20.2. The van der Waals surface area contributed by atoms with Gasteiger partial charge in [-0.2, -0.15) is 0 Å². The normalized spacial score (nSPS) is 11.9. The maximum absolute atomic E-state index is 14.0. The van der Waals surface area contributed by atoms with Crippen LogP contribution in [0, 0.1) is 5.82 Å². The molecule has 0 spiro atoms. The fourth-order valence-electron chi connectivity index (χ4n) is 2.52. The van der Waals surface area contributed by atoms with E-state index in [-0.39, 0.29) is 11.7 Å². The van der Waals surface area contributed by atoms with Crippen LogP contribution in [0.15, 0.2) is 47.6 Å². The summed E-state index contributed by atoms with van der Waals surface area (Å²) in [4.78, 5) is 12.6. The van der Waals surface area contributed by atoms with Crippen LogP contribution in [-0.2, 0) is 11.8 Å². The Morgan fingerprint density at radius 2 is 2.04 bits per heavy atom. The molecule has 0 saturated carbocycles. The number of amides is 1. The van der Waals surface area contributed by atoms with E-state index in [0.29, 0.717) is 33.0 Å². The third-order valence-electron chi connectivity index (χ3n) is 4.02. The zero-order chi connectivity index (χ0) is 20.3. The molecule has 146 valence electrons. The molecule has 1 heterocycles. The lowest BCUT2D eigenvalue weighted by molar-refractivity contribution is -0.115. The molecule has 0 bridgehead atoms. The Bertz CT molecular complexity index is 1010. The van der Waals surface area contributed by atoms with Gasteiger partial charge >= 0.3 is 0 Å². The highest BCUT2D eigenvalue weighted by Gasteiger charge is 2.21. The summed E-state index contributed by atoms with van der Waals surface area (Å²) in [5.74, 6) is 0.273. The number of nitrogens with one attached hydrogen (secondary N) is 1. The SMILES string of the molecule is COc1ccc(Cl)cc1NC(=O)C(C)Sc1nnc(-c2ccccc2F)n1C. The summed E-state index contributed by atoms with van der Waals surface area (Å²) in [5, 5.41) is 11.5. The Labute approximate surface area is 171 Å². The molecular formula is C19H18ClFN4O2S. The van der Waals surface area contributed by atoms with Gasteiger partial charge in [0.2, 0.25) is 5.91 Å². The number of thioether (sulfide) groups is 1. The number of ether oxygens (including phenoxy) is 1. The van der Waals surface area contributed by atoms with E-state index in [4.69, 9.17) is 16.3 Å². The highest BCUT2D eigenvalue weighted by atomic mass is 35.5. The molecule has 3 rings (SSSR count). The lowest BCUT2D eigenvalue weighted by atomic mass is 10.2. The smallest absolute Gasteiger partial charge is 0.237 e. The van der Waals surface area contributed by atoms with E-state index >= 15 is 0 Å². The van der Waals surface area contributed by atoms with Gasteiger partial charge in [0.05, 0.1) is 23.6 Å². The fraction of sp³-hybridized carbons (Fsp3) is 0.211. The van der Waals surface area contributed by atoms with Crippen LogP contribution < -0.4 is 10.1 Å². The Morgan fingerprint density at radius 1 is 1.29 bits per heavy atom. The van der Waals surface area contributed by atoms with Gasteiger partial charge < -0.3 is 14.6 Å². The Hall–Kier alpha value is -2.58. The van der Waals surface area contributed by atoms with Crippen LogP contribution in [0.2, 0.25) is 5.02 Å². The summed E-state index contributed by atoms with van der Waals surface area (Å²) >= 11 is 7.21. The lowest BCUT2D eigenvalue weighted by Gasteiger charge is -2.14. The van der Waals surface area contributed by atoms with Crippen molar-refractivity contribution >= 4 is 35.0 Å². The molecule has 0 aliphatic heterocycles. The maximum atomic E-state index is 14.0. The number of nitrogens with zero attached hydrogens (tertiary/aromatic N) is 3. The van der Waals surface area contributed by atoms with Crippen molar-refractivity contribution in [2.75, 3.05) is 12.4 Å². The van der Waals surface area contributed by atoms with E-state index in [2.05, 4.69) is 15.5 Å². The number of hydrogen-bond donors (Lipinski definition) is 1. The van der Waals surface area contributed by atoms with Crippen LogP contribution in [0.25, 0.3) is 11.4 Å². The molecule has 1 amide bonds. The third-order valence-corrected chi connectivity index (χ3v) is 5.39. The first-order chi connectivity index (χ1) is 13.4. The van der Waals surface area contributed by atoms with Crippen molar-refractivity contribution < 1.29 is 13.9 Å². The lowest BCUT2D eigenvalue weighted by Crippen LogP contribution is -2.23. The second-order valence-corrected chi connectivity index (χ2v) is 7.68. The molecule has 0 aliphatic rings. The summed E-state index contributed by atoms with van der Waals surface area (Å²) in [5.41, 5.74) is 0.836. The molecule has 0 fully saturated rings. The summed E-state index contributed by atoms with van der Waals surface area (Å²) in [6, 6.07) is 11.3. The van der Waals surface area contributed by atoms with E-state index < -0.39 is 5.25 Å². The number of rotatable bonds is 6. The number of carbonyl (C=O) groups excluding carboxylic acids is 1. The molecule has 3 aromatic rings. The molecule has 1 N–H and O–H groups in total. The van der Waals surface area contributed by atoms with Crippen molar-refractivity contribution in [3.63, 3.8) is 0 Å². The van der Waals surface area contributed by atoms with Crippen molar-refractivity contribution in [2.45, 2.75) is 17.3 Å². The Balaban J connectivity index is 1.75. The van der Waals surface area contributed by atoms with Crippen LogP contribution in [0.5, 0.6) is 5.75 Å². The van der Waals surface area contributed by atoms with E-state index in [0.717, 1.165) is 0 Å². The highest BCUT2D eigenvalue weighted by Crippen LogP contribution is 2.30. The molecule has 1 atom stereocenters.